The molecule has 1 aliphatic rings. The molecule has 2 heteroatoms. The zero-order valence-corrected chi connectivity index (χ0v) is 9.66. The number of hydrogen-bond donors (Lipinski definition) is 1. The van der Waals surface area contributed by atoms with Crippen LogP contribution in [0.1, 0.15) is 33.3 Å². The molecule has 1 aromatic rings. The second-order valence-electron chi connectivity index (χ2n) is 4.85. The highest BCUT2D eigenvalue weighted by molar-refractivity contribution is 5.43. The smallest absolute Gasteiger partial charge is 0.154 e. The molecule has 1 unspecified atom stereocenters. The topological polar surface area (TPSA) is 29.5 Å². The zero-order valence-electron chi connectivity index (χ0n) is 9.66. The maximum atomic E-state index is 10.6. The van der Waals surface area contributed by atoms with Gasteiger partial charge in [0.05, 0.1) is 5.60 Å². The Morgan fingerprint density at radius 3 is 2.40 bits per heavy atom. The van der Waals surface area contributed by atoms with E-state index in [0.29, 0.717) is 0 Å². The van der Waals surface area contributed by atoms with E-state index in [1.54, 1.807) is 0 Å². The molecule has 1 aliphatic heterocycles. The van der Waals surface area contributed by atoms with E-state index in [-0.39, 0.29) is 5.41 Å². The van der Waals surface area contributed by atoms with Gasteiger partial charge in [-0.25, -0.2) is 0 Å². The Balaban J connectivity index is 2.61. The van der Waals surface area contributed by atoms with Gasteiger partial charge in [-0.2, -0.15) is 0 Å². The van der Waals surface area contributed by atoms with Gasteiger partial charge in [-0.1, -0.05) is 32.0 Å². The first-order valence-electron chi connectivity index (χ1n) is 5.21. The predicted octanol–water partition coefficient (Wildman–Crippen LogP) is 2.86. The number of hydrogen-bond acceptors (Lipinski definition) is 2. The van der Waals surface area contributed by atoms with Crippen LogP contribution in [0.15, 0.2) is 24.3 Å². The van der Waals surface area contributed by atoms with Crippen LogP contribution >= 0.6 is 0 Å². The van der Waals surface area contributed by atoms with Crippen LogP contribution in [-0.2, 0) is 5.60 Å². The second-order valence-corrected chi connectivity index (χ2v) is 4.85. The molecule has 0 aliphatic carbocycles. The fourth-order valence-electron chi connectivity index (χ4n) is 1.93. The Kier molecular flexibility index (Phi) is 2.09. The van der Waals surface area contributed by atoms with E-state index in [2.05, 4.69) is 0 Å². The molecule has 2 nitrogen and oxygen atoms in total. The van der Waals surface area contributed by atoms with Gasteiger partial charge in [0.2, 0.25) is 0 Å². The van der Waals surface area contributed by atoms with Crippen molar-refractivity contribution < 1.29 is 9.84 Å². The largest absolute Gasteiger partial charge is 0.482 e. The lowest BCUT2D eigenvalue weighted by molar-refractivity contribution is -0.0888. The van der Waals surface area contributed by atoms with E-state index in [0.717, 1.165) is 17.4 Å². The van der Waals surface area contributed by atoms with Crippen LogP contribution in [-0.4, -0.2) is 5.11 Å². The van der Waals surface area contributed by atoms with Crippen molar-refractivity contribution in [2.24, 2.45) is 5.41 Å². The average Bonchev–Trinajstić information content (AvgIpc) is 2.16. The van der Waals surface area contributed by atoms with E-state index in [4.69, 9.17) is 4.74 Å². The van der Waals surface area contributed by atoms with Crippen molar-refractivity contribution in [2.45, 2.75) is 33.3 Å². The van der Waals surface area contributed by atoms with Crippen LogP contribution in [0, 0.1) is 11.5 Å². The third-order valence-corrected chi connectivity index (χ3v) is 3.77. The summed E-state index contributed by atoms with van der Waals surface area (Å²) in [6.45, 7) is 7.76. The summed E-state index contributed by atoms with van der Waals surface area (Å²) >= 11 is 0. The Morgan fingerprint density at radius 2 is 1.73 bits per heavy atom. The lowest BCUT2D eigenvalue weighted by atomic mass is 9.67. The maximum Gasteiger partial charge on any atom is 0.154 e. The molecule has 0 amide bonds. The van der Waals surface area contributed by atoms with Gasteiger partial charge < -0.3 is 9.84 Å². The summed E-state index contributed by atoms with van der Waals surface area (Å²) in [5.74, 6) is 0.763. The third-order valence-electron chi connectivity index (χ3n) is 3.77. The highest BCUT2D eigenvalue weighted by atomic mass is 16.5. The van der Waals surface area contributed by atoms with Crippen molar-refractivity contribution in [1.29, 1.82) is 0 Å². The molecule has 1 atom stereocenters. The van der Waals surface area contributed by atoms with Crippen molar-refractivity contribution >= 4 is 0 Å². The van der Waals surface area contributed by atoms with Gasteiger partial charge in [0.15, 0.2) is 6.10 Å². The molecule has 1 heterocycles. The van der Waals surface area contributed by atoms with E-state index in [9.17, 15) is 5.11 Å². The summed E-state index contributed by atoms with van der Waals surface area (Å²) in [6.07, 6.45) is 0.853. The van der Waals surface area contributed by atoms with Crippen LogP contribution < -0.4 is 4.74 Å². The lowest BCUT2D eigenvalue weighted by Crippen LogP contribution is -2.47. The molecule has 1 radical (unpaired) electrons. The summed E-state index contributed by atoms with van der Waals surface area (Å²) in [7, 11) is 0. The molecule has 0 fully saturated rings. The number of fused-ring (bicyclic) bond motifs is 1. The number of rotatable bonds is 0. The molecule has 0 saturated carbocycles. The minimum absolute atomic E-state index is 0.374. The number of aliphatic hydroxyl groups is 1. The first-order chi connectivity index (χ1) is 6.87. The van der Waals surface area contributed by atoms with Gasteiger partial charge in [-0.3, -0.25) is 0 Å². The Bertz CT molecular complexity index is 380. The first-order valence-corrected chi connectivity index (χ1v) is 5.21. The van der Waals surface area contributed by atoms with Crippen LogP contribution in [0.3, 0.4) is 0 Å². The summed E-state index contributed by atoms with van der Waals surface area (Å²) in [6, 6.07) is 7.65. The molecule has 0 aromatic heterocycles. The van der Waals surface area contributed by atoms with Crippen LogP contribution in [0.2, 0.25) is 0 Å². The zero-order chi connectivity index (χ0) is 11.3. The van der Waals surface area contributed by atoms with Gasteiger partial charge >= 0.3 is 0 Å². The third kappa shape index (κ3) is 1.28. The number of para-hydroxylation sites is 1. The highest BCUT2D eigenvalue weighted by Crippen LogP contribution is 2.52. The molecule has 81 valence electrons. The van der Waals surface area contributed by atoms with Crippen molar-refractivity contribution in [3.63, 3.8) is 0 Å². The lowest BCUT2D eigenvalue weighted by Gasteiger charge is -2.47. The van der Waals surface area contributed by atoms with Crippen LogP contribution in [0.4, 0.5) is 0 Å². The summed E-state index contributed by atoms with van der Waals surface area (Å²) in [4.78, 5) is 0. The van der Waals surface area contributed by atoms with Crippen LogP contribution in [0.5, 0.6) is 5.75 Å². The molecule has 15 heavy (non-hydrogen) atoms. The molecule has 2 rings (SSSR count). The van der Waals surface area contributed by atoms with Crippen molar-refractivity contribution in [2.75, 3.05) is 0 Å². The van der Waals surface area contributed by atoms with E-state index in [1.807, 2.05) is 52.0 Å². The minimum Gasteiger partial charge on any atom is -0.482 e. The molecule has 0 saturated heterocycles. The molecule has 1 N–H and O–H groups in total. The van der Waals surface area contributed by atoms with Crippen molar-refractivity contribution in [1.82, 2.24) is 0 Å². The SMILES string of the molecule is C[C]1Oc2ccccc2C(C)(O)C1(C)C. The minimum atomic E-state index is -0.883. The molecule has 1 aromatic carbocycles. The van der Waals surface area contributed by atoms with Gasteiger partial charge in [0, 0.05) is 11.0 Å². The van der Waals surface area contributed by atoms with E-state index in [1.165, 1.54) is 0 Å². The molecule has 0 spiro atoms. The maximum absolute atomic E-state index is 10.6. The number of benzene rings is 1. The van der Waals surface area contributed by atoms with Crippen LogP contribution in [0.25, 0.3) is 0 Å². The predicted molar refractivity (Wildman–Crippen MR) is 59.3 cm³/mol. The molecule has 0 bridgehead atoms. The fourth-order valence-corrected chi connectivity index (χ4v) is 1.93. The summed E-state index contributed by atoms with van der Waals surface area (Å²) in [5.41, 5.74) is -0.395. The van der Waals surface area contributed by atoms with Gasteiger partial charge in [-0.15, -0.1) is 0 Å². The quantitative estimate of drug-likeness (QED) is 0.705. The van der Waals surface area contributed by atoms with E-state index >= 15 is 0 Å². The summed E-state index contributed by atoms with van der Waals surface area (Å²) < 4.78 is 5.74. The van der Waals surface area contributed by atoms with Gasteiger partial charge in [-0.05, 0) is 19.9 Å². The molecular formula is C13H17O2. The first kappa shape index (κ1) is 10.5. The Hall–Kier alpha value is -1.02. The van der Waals surface area contributed by atoms with E-state index < -0.39 is 5.60 Å². The Labute approximate surface area is 90.9 Å². The summed E-state index contributed by atoms with van der Waals surface area (Å²) in [5, 5.41) is 10.6. The molecular weight excluding hydrogens is 188 g/mol. The van der Waals surface area contributed by atoms with Crippen molar-refractivity contribution in [3.8, 4) is 5.75 Å². The highest BCUT2D eigenvalue weighted by Gasteiger charge is 2.51. The van der Waals surface area contributed by atoms with Gasteiger partial charge in [0.25, 0.3) is 0 Å². The average molecular weight is 205 g/mol. The normalized spacial score (nSPS) is 29.4. The monoisotopic (exact) mass is 205 g/mol. The Morgan fingerprint density at radius 1 is 1.13 bits per heavy atom. The standard InChI is InChI=1S/C13H17O2/c1-9-12(2,3)13(4,14)10-7-5-6-8-11(10)15-9/h5-8,14H,1-4H3. The second kappa shape index (κ2) is 2.99. The van der Waals surface area contributed by atoms with Gasteiger partial charge in [0.1, 0.15) is 5.75 Å². The number of ether oxygens (including phenoxy) is 1. The van der Waals surface area contributed by atoms with Crippen molar-refractivity contribution in [3.05, 3.63) is 35.9 Å². The fraction of sp³-hybridized carbons (Fsp3) is 0.462.